The van der Waals surface area contributed by atoms with Crippen LogP contribution in [0.3, 0.4) is 0 Å². The van der Waals surface area contributed by atoms with E-state index in [-0.39, 0.29) is 23.7 Å². The quantitative estimate of drug-likeness (QED) is 0.752. The number of nitrogens with zero attached hydrogens (tertiary/aromatic N) is 1. The molecule has 0 radical (unpaired) electrons. The molecular weight excluding hydrogens is 326 g/mol. The summed E-state index contributed by atoms with van der Waals surface area (Å²) < 4.78 is 0. The van der Waals surface area contributed by atoms with E-state index in [0.717, 1.165) is 18.6 Å². The molecule has 26 heavy (non-hydrogen) atoms. The first kappa shape index (κ1) is 17.4. The molecule has 0 bridgehead atoms. The molecule has 4 heteroatoms. The van der Waals surface area contributed by atoms with E-state index in [9.17, 15) is 15.0 Å². The highest BCUT2D eigenvalue weighted by molar-refractivity contribution is 6.13. The molecule has 1 amide bonds. The first-order valence-electron chi connectivity index (χ1n) is 9.26. The first-order chi connectivity index (χ1) is 12.2. The third-order valence-electron chi connectivity index (χ3n) is 6.11. The lowest BCUT2D eigenvalue weighted by Gasteiger charge is -2.45. The second-order valence-electron chi connectivity index (χ2n) is 8.25. The summed E-state index contributed by atoms with van der Waals surface area (Å²) in [5, 5.41) is 20.5. The molecule has 0 spiro atoms. The minimum absolute atomic E-state index is 0.0321. The van der Waals surface area contributed by atoms with Crippen molar-refractivity contribution in [2.45, 2.75) is 37.9 Å². The molecule has 4 aliphatic rings. The van der Waals surface area contributed by atoms with E-state index < -0.39 is 16.6 Å². The second-order valence-corrected chi connectivity index (χ2v) is 8.25. The third kappa shape index (κ3) is 2.60. The zero-order valence-electron chi connectivity index (χ0n) is 15.2. The number of carbonyl (C=O) groups excluding carboxylic acids is 1. The Labute approximate surface area is 154 Å². The lowest BCUT2D eigenvalue weighted by molar-refractivity contribution is -0.131. The number of aliphatic hydroxyl groups is 2. The van der Waals surface area contributed by atoms with Crippen LogP contribution in [-0.2, 0) is 4.79 Å². The Morgan fingerprint density at radius 2 is 1.46 bits per heavy atom. The van der Waals surface area contributed by atoms with Gasteiger partial charge in [0.2, 0.25) is 0 Å². The van der Waals surface area contributed by atoms with Gasteiger partial charge in [0.05, 0.1) is 16.6 Å². The van der Waals surface area contributed by atoms with Gasteiger partial charge in [-0.1, -0.05) is 54.7 Å². The predicted octanol–water partition coefficient (Wildman–Crippen LogP) is 2.91. The Kier molecular flexibility index (Phi) is 3.83. The van der Waals surface area contributed by atoms with Gasteiger partial charge >= 0.3 is 0 Å². The van der Waals surface area contributed by atoms with Gasteiger partial charge in [-0.05, 0) is 32.8 Å². The lowest BCUT2D eigenvalue weighted by Crippen LogP contribution is -2.48. The lowest BCUT2D eigenvalue weighted by atomic mass is 9.55. The molecule has 136 valence electrons. The molecule has 0 saturated heterocycles. The standard InChI is InChI=1S/C22H25NO3/c1-20(25)11-7-15(8-12-20)22(16-9-13-21(2,26)14-10-16)17-5-3-4-6-18(17)23-19(22)24/h4,6-17,25-26H,3,5H2,1-2H3. The largest absolute Gasteiger partial charge is 0.382 e. The molecule has 0 fully saturated rings. The van der Waals surface area contributed by atoms with Crippen molar-refractivity contribution in [3.8, 4) is 0 Å². The molecule has 1 heterocycles. The van der Waals surface area contributed by atoms with Crippen LogP contribution < -0.4 is 0 Å². The molecule has 1 unspecified atom stereocenters. The normalized spacial score (nSPS) is 46.5. The Morgan fingerprint density at radius 1 is 0.962 bits per heavy atom. The summed E-state index contributed by atoms with van der Waals surface area (Å²) in [6, 6.07) is 0. The van der Waals surface area contributed by atoms with Gasteiger partial charge in [-0.15, -0.1) is 0 Å². The van der Waals surface area contributed by atoms with Crippen molar-refractivity contribution in [1.82, 2.24) is 0 Å². The van der Waals surface area contributed by atoms with E-state index in [1.165, 1.54) is 0 Å². The minimum atomic E-state index is -0.989. The highest BCUT2D eigenvalue weighted by atomic mass is 16.3. The van der Waals surface area contributed by atoms with E-state index in [0.29, 0.717) is 0 Å². The van der Waals surface area contributed by atoms with Crippen LogP contribution in [0.4, 0.5) is 0 Å². The van der Waals surface area contributed by atoms with E-state index in [2.05, 4.69) is 11.1 Å². The maximum absolute atomic E-state index is 13.3. The highest BCUT2D eigenvalue weighted by Crippen LogP contribution is 2.55. The summed E-state index contributed by atoms with van der Waals surface area (Å²) in [6.07, 6.45) is 20.7. The van der Waals surface area contributed by atoms with Crippen molar-refractivity contribution in [2.24, 2.45) is 28.2 Å². The van der Waals surface area contributed by atoms with Gasteiger partial charge in [-0.2, -0.15) is 0 Å². The summed E-state index contributed by atoms with van der Waals surface area (Å²) in [4.78, 5) is 17.7. The van der Waals surface area contributed by atoms with Crippen LogP contribution in [0, 0.1) is 23.2 Å². The van der Waals surface area contributed by atoms with Gasteiger partial charge < -0.3 is 10.2 Å². The SMILES string of the molecule is CC1(O)C=CC(C2(C3C=CC(C)(O)C=C3)C(=O)N=C3C=CCCC32)C=C1. The fraction of sp³-hybridized carbons (Fsp3) is 0.455. The monoisotopic (exact) mass is 351 g/mol. The van der Waals surface area contributed by atoms with Crippen LogP contribution in [0.1, 0.15) is 26.7 Å². The summed E-state index contributed by atoms with van der Waals surface area (Å²) in [7, 11) is 0. The van der Waals surface area contributed by atoms with Gasteiger partial charge in [0.1, 0.15) is 0 Å². The fourth-order valence-electron chi connectivity index (χ4n) is 4.74. The number of hydrogen-bond donors (Lipinski definition) is 2. The zero-order chi connectivity index (χ0) is 18.6. The van der Waals surface area contributed by atoms with Crippen molar-refractivity contribution >= 4 is 11.6 Å². The average molecular weight is 351 g/mol. The fourth-order valence-corrected chi connectivity index (χ4v) is 4.74. The molecule has 4 nitrogen and oxygen atoms in total. The molecule has 3 aliphatic carbocycles. The van der Waals surface area contributed by atoms with E-state index >= 15 is 0 Å². The third-order valence-corrected chi connectivity index (χ3v) is 6.11. The van der Waals surface area contributed by atoms with Crippen LogP contribution in [0.25, 0.3) is 0 Å². The smallest absolute Gasteiger partial charge is 0.254 e. The topological polar surface area (TPSA) is 69.9 Å². The molecule has 0 saturated carbocycles. The van der Waals surface area contributed by atoms with Crippen molar-refractivity contribution in [3.05, 3.63) is 60.8 Å². The summed E-state index contributed by atoms with van der Waals surface area (Å²) in [5.74, 6) is -0.388. The Hall–Kier alpha value is -2.04. The van der Waals surface area contributed by atoms with Crippen molar-refractivity contribution in [1.29, 1.82) is 0 Å². The molecule has 1 aliphatic heterocycles. The number of fused-ring (bicyclic) bond motifs is 1. The number of allylic oxidation sites excluding steroid dienone is 6. The van der Waals surface area contributed by atoms with Gasteiger partial charge in [-0.3, -0.25) is 4.79 Å². The van der Waals surface area contributed by atoms with Crippen LogP contribution in [0.5, 0.6) is 0 Å². The second kappa shape index (κ2) is 5.73. The van der Waals surface area contributed by atoms with Crippen LogP contribution in [-0.4, -0.2) is 33.0 Å². The van der Waals surface area contributed by atoms with Crippen molar-refractivity contribution in [2.75, 3.05) is 0 Å². The molecule has 4 rings (SSSR count). The Bertz CT molecular complexity index is 735. The van der Waals surface area contributed by atoms with Gasteiger partial charge in [0.15, 0.2) is 0 Å². The minimum Gasteiger partial charge on any atom is -0.382 e. The number of carbonyl (C=O) groups is 1. The summed E-state index contributed by atoms with van der Waals surface area (Å²) in [5.41, 5.74) is -1.86. The number of rotatable bonds is 2. The number of aliphatic imine (C=N–C) groups is 1. The predicted molar refractivity (Wildman–Crippen MR) is 102 cm³/mol. The molecular formula is C22H25NO3. The maximum atomic E-state index is 13.3. The van der Waals surface area contributed by atoms with E-state index in [1.54, 1.807) is 38.2 Å². The zero-order valence-corrected chi connectivity index (χ0v) is 15.2. The maximum Gasteiger partial charge on any atom is 0.254 e. The van der Waals surface area contributed by atoms with E-state index in [1.807, 2.05) is 30.4 Å². The van der Waals surface area contributed by atoms with E-state index in [4.69, 9.17) is 0 Å². The first-order valence-corrected chi connectivity index (χ1v) is 9.26. The van der Waals surface area contributed by atoms with Gasteiger partial charge in [0.25, 0.3) is 5.91 Å². The Balaban J connectivity index is 1.82. The van der Waals surface area contributed by atoms with Crippen molar-refractivity contribution in [3.63, 3.8) is 0 Å². The summed E-state index contributed by atoms with van der Waals surface area (Å²) in [6.45, 7) is 3.45. The molecule has 0 aromatic carbocycles. The van der Waals surface area contributed by atoms with Crippen molar-refractivity contribution < 1.29 is 15.0 Å². The molecule has 2 N–H and O–H groups in total. The van der Waals surface area contributed by atoms with Crippen LogP contribution in [0.2, 0.25) is 0 Å². The molecule has 0 aromatic heterocycles. The average Bonchev–Trinajstić information content (AvgIpc) is 2.88. The van der Waals surface area contributed by atoms with Crippen LogP contribution in [0.15, 0.2) is 65.8 Å². The number of hydrogen-bond acceptors (Lipinski definition) is 3. The number of amides is 1. The Morgan fingerprint density at radius 3 is 1.96 bits per heavy atom. The van der Waals surface area contributed by atoms with Gasteiger partial charge in [-0.25, -0.2) is 4.99 Å². The molecule has 0 aromatic rings. The highest BCUT2D eigenvalue weighted by Gasteiger charge is 2.59. The van der Waals surface area contributed by atoms with Crippen LogP contribution >= 0.6 is 0 Å². The molecule has 1 atom stereocenters. The van der Waals surface area contributed by atoms with Gasteiger partial charge in [0, 0.05) is 23.5 Å². The summed E-state index contributed by atoms with van der Waals surface area (Å²) >= 11 is 0.